The fourth-order valence-electron chi connectivity index (χ4n) is 6.22. The van der Waals surface area contributed by atoms with Gasteiger partial charge in [-0.1, -0.05) is 0 Å². The molecule has 48 heavy (non-hydrogen) atoms. The van der Waals surface area contributed by atoms with Gasteiger partial charge in [0.05, 0.1) is 37.6 Å². The highest BCUT2D eigenvalue weighted by atomic mass is 19.3. The number of anilines is 3. The molecule has 15 heteroatoms. The summed E-state index contributed by atoms with van der Waals surface area (Å²) in [6.45, 7) is 6.88. The van der Waals surface area contributed by atoms with Gasteiger partial charge >= 0.3 is 0 Å². The van der Waals surface area contributed by atoms with E-state index in [0.29, 0.717) is 59.1 Å². The number of likely N-dealkylation sites (tertiary alicyclic amines) is 1. The molecule has 0 radical (unpaired) electrons. The lowest BCUT2D eigenvalue weighted by molar-refractivity contribution is -0.150. The Balaban J connectivity index is 1.09. The molecule has 0 bridgehead atoms. The number of aliphatic hydroxyl groups is 1. The van der Waals surface area contributed by atoms with E-state index in [2.05, 4.69) is 43.1 Å². The number of piperazine rings is 1. The molecule has 0 unspecified atom stereocenters. The van der Waals surface area contributed by atoms with Gasteiger partial charge in [-0.2, -0.15) is 10.2 Å². The molecule has 6 rings (SSSR count). The summed E-state index contributed by atoms with van der Waals surface area (Å²) in [7, 11) is 1.60. The van der Waals surface area contributed by atoms with Gasteiger partial charge in [0.2, 0.25) is 11.8 Å². The number of ether oxygens (including phenoxy) is 3. The van der Waals surface area contributed by atoms with E-state index in [9.17, 15) is 23.9 Å². The molecule has 0 saturated carbocycles. The van der Waals surface area contributed by atoms with Crippen LogP contribution in [-0.4, -0.2) is 120 Å². The topological polar surface area (TPSA) is 149 Å². The number of halogens is 2. The zero-order valence-electron chi connectivity index (χ0n) is 26.8. The van der Waals surface area contributed by atoms with Crippen LogP contribution in [0.5, 0.6) is 11.6 Å². The molecule has 2 atom stereocenters. The summed E-state index contributed by atoms with van der Waals surface area (Å²) < 4.78 is 42.6. The van der Waals surface area contributed by atoms with E-state index in [0.717, 1.165) is 38.5 Å². The molecule has 1 amide bonds. The molecule has 13 nitrogen and oxygen atoms in total. The van der Waals surface area contributed by atoms with Gasteiger partial charge in [0, 0.05) is 63.4 Å². The largest absolute Gasteiger partial charge is 0.489 e. The number of amides is 1. The van der Waals surface area contributed by atoms with Crippen molar-refractivity contribution in [3.63, 3.8) is 0 Å². The molecular formula is C33H38F2N8O5. The van der Waals surface area contributed by atoms with E-state index in [1.807, 2.05) is 12.1 Å². The van der Waals surface area contributed by atoms with Crippen LogP contribution >= 0.6 is 0 Å². The third-order valence-corrected chi connectivity index (χ3v) is 8.97. The molecule has 254 valence electrons. The van der Waals surface area contributed by atoms with Gasteiger partial charge in [0.15, 0.2) is 6.10 Å². The number of nitriles is 1. The standard InChI is InChI=1S/C33H38F2N8O5/c1-20-17-42(23-18-47-19-23)13-14-43(20)26-4-6-28(39-31(26)46-2)40-33-37-10-7-25(38-33)21-3-5-27(22(15-21)16-36)48-24-8-11-41(12-9-24)32(45)29(44)30(34)35/h3-7,10,15,20,23-24,29-30,44H,8-9,11-14,17-19H2,1-2H3,(H,37,38,39,40)/t20-,29+/m1/s1. The van der Waals surface area contributed by atoms with Crippen LogP contribution in [0.2, 0.25) is 0 Å². The number of carbonyl (C=O) groups excluding carboxylic acids is 1. The van der Waals surface area contributed by atoms with Crippen molar-refractivity contribution in [2.24, 2.45) is 0 Å². The minimum atomic E-state index is -3.13. The Kier molecular flexibility index (Phi) is 10.1. The molecule has 1 aromatic carbocycles. The van der Waals surface area contributed by atoms with Crippen molar-refractivity contribution in [1.29, 1.82) is 5.26 Å². The third-order valence-electron chi connectivity index (χ3n) is 8.97. The molecule has 3 fully saturated rings. The van der Waals surface area contributed by atoms with Crippen LogP contribution < -0.4 is 19.7 Å². The number of nitrogens with one attached hydrogen (secondary N) is 1. The van der Waals surface area contributed by atoms with Crippen molar-refractivity contribution >= 4 is 23.4 Å². The highest BCUT2D eigenvalue weighted by molar-refractivity contribution is 5.81. The molecule has 5 heterocycles. The Bertz CT molecular complexity index is 1650. The molecule has 3 aliphatic heterocycles. The molecule has 3 aliphatic rings. The quantitative estimate of drug-likeness (QED) is 0.328. The predicted molar refractivity (Wildman–Crippen MR) is 171 cm³/mol. The Morgan fingerprint density at radius 3 is 2.58 bits per heavy atom. The van der Waals surface area contributed by atoms with Crippen LogP contribution in [-0.2, 0) is 9.53 Å². The maximum absolute atomic E-state index is 12.7. The van der Waals surface area contributed by atoms with Crippen molar-refractivity contribution in [3.05, 3.63) is 48.2 Å². The van der Waals surface area contributed by atoms with Crippen LogP contribution in [0.25, 0.3) is 11.3 Å². The Hall–Kier alpha value is -4.65. The van der Waals surface area contributed by atoms with Crippen molar-refractivity contribution in [2.75, 3.05) is 63.3 Å². The zero-order chi connectivity index (χ0) is 33.8. The fourth-order valence-corrected chi connectivity index (χ4v) is 6.22. The van der Waals surface area contributed by atoms with Gasteiger partial charge in [-0.05, 0) is 43.3 Å². The first-order chi connectivity index (χ1) is 23.2. The summed E-state index contributed by atoms with van der Waals surface area (Å²) in [4.78, 5) is 31.7. The molecule has 2 N–H and O–H groups in total. The highest BCUT2D eigenvalue weighted by Crippen LogP contribution is 2.33. The Morgan fingerprint density at radius 2 is 1.92 bits per heavy atom. The number of alkyl halides is 2. The maximum atomic E-state index is 12.7. The lowest BCUT2D eigenvalue weighted by Crippen LogP contribution is -2.59. The van der Waals surface area contributed by atoms with Crippen LogP contribution in [0, 0.1) is 11.3 Å². The minimum Gasteiger partial charge on any atom is -0.489 e. The number of hydrogen-bond donors (Lipinski definition) is 2. The number of piperidine rings is 1. The van der Waals surface area contributed by atoms with E-state index in [1.165, 1.54) is 4.90 Å². The van der Waals surface area contributed by atoms with Crippen LogP contribution in [0.3, 0.4) is 0 Å². The maximum Gasteiger partial charge on any atom is 0.273 e. The van der Waals surface area contributed by atoms with Gasteiger partial charge in [0.1, 0.15) is 29.4 Å². The molecule has 3 aromatic rings. The number of rotatable bonds is 10. The number of carbonyl (C=O) groups is 1. The number of hydrogen-bond acceptors (Lipinski definition) is 12. The summed E-state index contributed by atoms with van der Waals surface area (Å²) in [5, 5.41) is 22.4. The van der Waals surface area contributed by atoms with E-state index in [1.54, 1.807) is 37.6 Å². The van der Waals surface area contributed by atoms with E-state index in [-0.39, 0.29) is 25.2 Å². The molecule has 3 saturated heterocycles. The van der Waals surface area contributed by atoms with Crippen molar-refractivity contribution < 1.29 is 32.9 Å². The SMILES string of the molecule is COc1nc(Nc2nccc(-c3ccc(OC4CCN(C(=O)[C@@H](O)C(F)F)CC4)c(C#N)c3)n2)ccc1N1CCN(C2COC2)C[C@H]1C. The van der Waals surface area contributed by atoms with Crippen molar-refractivity contribution in [2.45, 2.75) is 50.5 Å². The highest BCUT2D eigenvalue weighted by Gasteiger charge is 2.34. The second-order valence-electron chi connectivity index (χ2n) is 12.1. The fraction of sp³-hybridized carbons (Fsp3) is 0.485. The number of pyridine rings is 1. The molecular weight excluding hydrogens is 626 g/mol. The summed E-state index contributed by atoms with van der Waals surface area (Å²) in [6, 6.07) is 13.7. The summed E-state index contributed by atoms with van der Waals surface area (Å²) in [6.07, 6.45) is -3.42. The number of benzene rings is 1. The van der Waals surface area contributed by atoms with Gasteiger partial charge < -0.3 is 34.4 Å². The first kappa shape index (κ1) is 33.3. The first-order valence-corrected chi connectivity index (χ1v) is 15.9. The second kappa shape index (κ2) is 14.6. The molecule has 2 aromatic heterocycles. The van der Waals surface area contributed by atoms with Gasteiger partial charge in [0.25, 0.3) is 12.3 Å². The normalized spacial score (nSPS) is 19.8. The van der Waals surface area contributed by atoms with Crippen molar-refractivity contribution in [3.8, 4) is 29.0 Å². The lowest BCUT2D eigenvalue weighted by atomic mass is 10.1. The van der Waals surface area contributed by atoms with Gasteiger partial charge in [-0.25, -0.2) is 18.7 Å². The minimum absolute atomic E-state index is 0.167. The van der Waals surface area contributed by atoms with Crippen molar-refractivity contribution in [1.82, 2.24) is 24.8 Å². The summed E-state index contributed by atoms with van der Waals surface area (Å²) in [5.74, 6) is 0.714. The molecule has 0 spiro atoms. The zero-order valence-corrected chi connectivity index (χ0v) is 26.8. The average molecular weight is 665 g/mol. The Labute approximate surface area is 277 Å². The lowest BCUT2D eigenvalue weighted by Gasteiger charge is -2.46. The van der Waals surface area contributed by atoms with Gasteiger partial charge in [-0.15, -0.1) is 0 Å². The predicted octanol–water partition coefficient (Wildman–Crippen LogP) is 3.07. The van der Waals surface area contributed by atoms with E-state index < -0.39 is 18.4 Å². The molecule has 0 aliphatic carbocycles. The van der Waals surface area contributed by atoms with Crippen LogP contribution in [0.1, 0.15) is 25.3 Å². The van der Waals surface area contributed by atoms with Crippen LogP contribution in [0.4, 0.5) is 26.2 Å². The summed E-state index contributed by atoms with van der Waals surface area (Å²) >= 11 is 0. The number of aromatic nitrogens is 3. The second-order valence-corrected chi connectivity index (χ2v) is 12.1. The third kappa shape index (κ3) is 7.25. The van der Waals surface area contributed by atoms with Gasteiger partial charge in [-0.3, -0.25) is 9.69 Å². The number of nitrogens with zero attached hydrogens (tertiary/aromatic N) is 7. The smallest absolute Gasteiger partial charge is 0.273 e. The van der Waals surface area contributed by atoms with E-state index in [4.69, 9.17) is 14.2 Å². The summed E-state index contributed by atoms with van der Waals surface area (Å²) in [5.41, 5.74) is 2.47. The van der Waals surface area contributed by atoms with Crippen LogP contribution in [0.15, 0.2) is 42.6 Å². The first-order valence-electron chi connectivity index (χ1n) is 15.9. The monoisotopic (exact) mass is 664 g/mol. The number of aliphatic hydroxyl groups excluding tert-OH is 1. The Morgan fingerprint density at radius 1 is 1.12 bits per heavy atom. The van der Waals surface area contributed by atoms with E-state index >= 15 is 0 Å². The number of methoxy groups -OCH3 is 1. The average Bonchev–Trinajstić information content (AvgIpc) is 3.07.